The van der Waals surface area contributed by atoms with E-state index in [1.165, 1.54) is 16.4 Å². The molecule has 164 valence electrons. The molecule has 1 aromatic heterocycles. The SMILES string of the molecule is Cc1ccc(NC(=O)NCCn2nnc3cc(S(=O)(=O)N4CCCC4)ccc32)cc1F. The molecule has 0 unspecified atom stereocenters. The Hall–Kier alpha value is -3.05. The largest absolute Gasteiger partial charge is 0.336 e. The zero-order chi connectivity index (χ0) is 22.0. The molecule has 4 rings (SSSR count). The molecule has 2 heterocycles. The molecule has 1 aliphatic rings. The first-order chi connectivity index (χ1) is 14.8. The Morgan fingerprint density at radius 2 is 1.94 bits per heavy atom. The first-order valence-corrected chi connectivity index (χ1v) is 11.4. The van der Waals surface area contributed by atoms with Crippen molar-refractivity contribution in [3.8, 4) is 0 Å². The maximum absolute atomic E-state index is 13.6. The van der Waals surface area contributed by atoms with Gasteiger partial charge in [-0.15, -0.1) is 5.10 Å². The molecule has 1 saturated heterocycles. The van der Waals surface area contributed by atoms with E-state index in [1.54, 1.807) is 35.9 Å². The van der Waals surface area contributed by atoms with Crippen molar-refractivity contribution in [2.24, 2.45) is 0 Å². The van der Waals surface area contributed by atoms with Crippen LogP contribution in [-0.4, -0.2) is 53.4 Å². The average Bonchev–Trinajstić information content (AvgIpc) is 3.41. The van der Waals surface area contributed by atoms with Gasteiger partial charge < -0.3 is 10.6 Å². The molecule has 0 aliphatic carbocycles. The van der Waals surface area contributed by atoms with Crippen molar-refractivity contribution in [3.05, 3.63) is 47.8 Å². The number of aryl methyl sites for hydroxylation is 1. The molecule has 1 fully saturated rings. The Labute approximate surface area is 179 Å². The number of anilines is 1. The lowest BCUT2D eigenvalue weighted by Gasteiger charge is -2.15. The number of urea groups is 1. The number of sulfonamides is 1. The third-order valence-corrected chi connectivity index (χ3v) is 7.12. The number of amides is 2. The predicted molar refractivity (Wildman–Crippen MR) is 114 cm³/mol. The van der Waals surface area contributed by atoms with E-state index in [-0.39, 0.29) is 11.4 Å². The highest BCUT2D eigenvalue weighted by molar-refractivity contribution is 7.89. The molecule has 2 aromatic carbocycles. The molecule has 11 heteroatoms. The van der Waals surface area contributed by atoms with Crippen LogP contribution in [0.3, 0.4) is 0 Å². The lowest BCUT2D eigenvalue weighted by Crippen LogP contribution is -2.31. The van der Waals surface area contributed by atoms with Crippen molar-refractivity contribution in [1.29, 1.82) is 0 Å². The van der Waals surface area contributed by atoms with E-state index in [2.05, 4.69) is 20.9 Å². The molecular formula is C20H23FN6O3S. The molecule has 1 aliphatic heterocycles. The number of aromatic nitrogens is 3. The second-order valence-corrected chi connectivity index (χ2v) is 9.36. The molecule has 0 radical (unpaired) electrons. The first-order valence-electron chi connectivity index (χ1n) is 9.99. The molecule has 3 aromatic rings. The number of carbonyl (C=O) groups excluding carboxylic acids is 1. The molecule has 0 atom stereocenters. The van der Waals surface area contributed by atoms with Gasteiger partial charge in [0, 0.05) is 25.3 Å². The van der Waals surface area contributed by atoms with Gasteiger partial charge in [0.25, 0.3) is 0 Å². The van der Waals surface area contributed by atoms with Gasteiger partial charge in [-0.25, -0.2) is 22.3 Å². The van der Waals surface area contributed by atoms with Crippen LogP contribution >= 0.6 is 0 Å². The minimum Gasteiger partial charge on any atom is -0.336 e. The highest BCUT2D eigenvalue weighted by Gasteiger charge is 2.27. The normalized spacial score (nSPS) is 14.8. The maximum atomic E-state index is 13.6. The van der Waals surface area contributed by atoms with E-state index in [4.69, 9.17) is 0 Å². The van der Waals surface area contributed by atoms with Crippen LogP contribution in [0.25, 0.3) is 11.0 Å². The predicted octanol–water partition coefficient (Wildman–Crippen LogP) is 2.49. The molecule has 0 spiro atoms. The summed E-state index contributed by atoms with van der Waals surface area (Å²) in [5.74, 6) is -0.391. The van der Waals surface area contributed by atoms with E-state index in [1.807, 2.05) is 0 Å². The van der Waals surface area contributed by atoms with Crippen molar-refractivity contribution >= 4 is 32.8 Å². The minimum atomic E-state index is -3.52. The van der Waals surface area contributed by atoms with Gasteiger partial charge in [0.05, 0.1) is 17.0 Å². The van der Waals surface area contributed by atoms with E-state index < -0.39 is 21.9 Å². The van der Waals surface area contributed by atoms with Crippen molar-refractivity contribution < 1.29 is 17.6 Å². The van der Waals surface area contributed by atoms with E-state index in [0.29, 0.717) is 41.9 Å². The van der Waals surface area contributed by atoms with Crippen molar-refractivity contribution in [2.75, 3.05) is 25.0 Å². The van der Waals surface area contributed by atoms with Gasteiger partial charge >= 0.3 is 6.03 Å². The zero-order valence-corrected chi connectivity index (χ0v) is 17.8. The second kappa shape index (κ2) is 8.60. The Bertz CT molecular complexity index is 1220. The molecule has 31 heavy (non-hydrogen) atoms. The number of hydrogen-bond donors (Lipinski definition) is 2. The van der Waals surface area contributed by atoms with Crippen molar-refractivity contribution in [3.63, 3.8) is 0 Å². The summed E-state index contributed by atoms with van der Waals surface area (Å²) in [4.78, 5) is 12.2. The lowest BCUT2D eigenvalue weighted by atomic mass is 10.2. The molecule has 0 bridgehead atoms. The minimum absolute atomic E-state index is 0.205. The number of fused-ring (bicyclic) bond motifs is 1. The van der Waals surface area contributed by atoms with Gasteiger partial charge in [0.2, 0.25) is 10.0 Å². The number of nitrogens with one attached hydrogen (secondary N) is 2. The quantitative estimate of drug-likeness (QED) is 0.605. The number of carbonyl (C=O) groups is 1. The van der Waals surface area contributed by atoms with Crippen molar-refractivity contribution in [1.82, 2.24) is 24.6 Å². The number of rotatable bonds is 6. The fourth-order valence-electron chi connectivity index (χ4n) is 3.48. The number of hydrogen-bond acceptors (Lipinski definition) is 5. The van der Waals surface area contributed by atoms with E-state index in [9.17, 15) is 17.6 Å². The van der Waals surface area contributed by atoms with Crippen molar-refractivity contribution in [2.45, 2.75) is 31.2 Å². The highest BCUT2D eigenvalue weighted by atomic mass is 32.2. The fraction of sp³-hybridized carbons (Fsp3) is 0.350. The molecular weight excluding hydrogens is 423 g/mol. The molecule has 9 nitrogen and oxygen atoms in total. The summed E-state index contributed by atoms with van der Waals surface area (Å²) < 4.78 is 42.1. The van der Waals surface area contributed by atoms with Crippen LogP contribution < -0.4 is 10.6 Å². The van der Waals surface area contributed by atoms with Crippen LogP contribution in [-0.2, 0) is 16.6 Å². The van der Waals surface area contributed by atoms with Gasteiger partial charge in [-0.05, 0) is 55.7 Å². The van der Waals surface area contributed by atoms with Crippen LogP contribution in [0.15, 0.2) is 41.3 Å². The van der Waals surface area contributed by atoms with Crippen LogP contribution in [0.4, 0.5) is 14.9 Å². The third-order valence-electron chi connectivity index (χ3n) is 5.23. The topological polar surface area (TPSA) is 109 Å². The summed E-state index contributed by atoms with van der Waals surface area (Å²) in [6.07, 6.45) is 1.74. The van der Waals surface area contributed by atoms with Crippen LogP contribution in [0.5, 0.6) is 0 Å². The number of benzene rings is 2. The summed E-state index contributed by atoms with van der Waals surface area (Å²) in [6, 6.07) is 8.76. The summed E-state index contributed by atoms with van der Waals surface area (Å²) in [5.41, 5.74) is 2.00. The molecule has 0 saturated carbocycles. The molecule has 2 N–H and O–H groups in total. The Balaban J connectivity index is 1.38. The number of nitrogens with zero attached hydrogens (tertiary/aromatic N) is 4. The van der Waals surface area contributed by atoms with Crippen LogP contribution in [0.1, 0.15) is 18.4 Å². The Morgan fingerprint density at radius 1 is 1.16 bits per heavy atom. The fourth-order valence-corrected chi connectivity index (χ4v) is 5.01. The van der Waals surface area contributed by atoms with Gasteiger partial charge in [0.15, 0.2) is 0 Å². The average molecular weight is 447 g/mol. The summed E-state index contributed by atoms with van der Waals surface area (Å²) in [7, 11) is -3.52. The van der Waals surface area contributed by atoms with E-state index >= 15 is 0 Å². The third kappa shape index (κ3) is 4.52. The summed E-state index contributed by atoms with van der Waals surface area (Å²) in [6.45, 7) is 3.31. The Morgan fingerprint density at radius 3 is 2.68 bits per heavy atom. The Kier molecular flexibility index (Phi) is 5.88. The lowest BCUT2D eigenvalue weighted by molar-refractivity contribution is 0.251. The smallest absolute Gasteiger partial charge is 0.319 e. The first kappa shape index (κ1) is 21.2. The van der Waals surface area contributed by atoms with Gasteiger partial charge in [-0.3, -0.25) is 0 Å². The second-order valence-electron chi connectivity index (χ2n) is 7.42. The van der Waals surface area contributed by atoms with Gasteiger partial charge in [0.1, 0.15) is 11.3 Å². The van der Waals surface area contributed by atoms with Gasteiger partial charge in [-0.1, -0.05) is 11.3 Å². The summed E-state index contributed by atoms with van der Waals surface area (Å²) >= 11 is 0. The summed E-state index contributed by atoms with van der Waals surface area (Å²) in [5, 5.41) is 13.4. The highest BCUT2D eigenvalue weighted by Crippen LogP contribution is 2.23. The number of halogens is 1. The molecule has 2 amide bonds. The van der Waals surface area contributed by atoms with Gasteiger partial charge in [-0.2, -0.15) is 4.31 Å². The monoisotopic (exact) mass is 446 g/mol. The standard InChI is InChI=1S/C20H23FN6O3S/c1-14-4-5-15(12-17(14)21)23-20(28)22-8-11-27-19-7-6-16(13-18(19)24-25-27)31(29,30)26-9-2-3-10-26/h4-7,12-13H,2-3,8-11H2,1H3,(H2,22,23,28). The van der Waals surface area contributed by atoms with Crippen LogP contribution in [0, 0.1) is 12.7 Å². The van der Waals surface area contributed by atoms with E-state index in [0.717, 1.165) is 12.8 Å². The zero-order valence-electron chi connectivity index (χ0n) is 17.0. The maximum Gasteiger partial charge on any atom is 0.319 e. The van der Waals surface area contributed by atoms with Crippen LogP contribution in [0.2, 0.25) is 0 Å².